The van der Waals surface area contributed by atoms with Gasteiger partial charge in [-0.15, -0.1) is 0 Å². The topological polar surface area (TPSA) is 27.7 Å². The van der Waals surface area contributed by atoms with Gasteiger partial charge in [-0.2, -0.15) is 0 Å². The van der Waals surface area contributed by atoms with Gasteiger partial charge in [-0.1, -0.05) is 13.8 Å². The molecule has 5 aliphatic carbocycles. The SMILES string of the molecule is CCCOCC(C)C12CCC3CC4C5CC(C1)C52C34OCOCC. The standard InChI is InChI=1S/C21H34O3/c1-4-8-23-12-14(3)19-7-6-15-9-18-17-10-16(11-19)20(17,19)21(15,18)24-13-22-5-2/h14-18H,4-13H2,1-3H3. The minimum Gasteiger partial charge on any atom is -0.381 e. The summed E-state index contributed by atoms with van der Waals surface area (Å²) in [7, 11) is 0. The summed E-state index contributed by atoms with van der Waals surface area (Å²) >= 11 is 0. The van der Waals surface area contributed by atoms with Crippen molar-refractivity contribution in [2.24, 2.45) is 40.4 Å². The van der Waals surface area contributed by atoms with Crippen molar-refractivity contribution in [2.75, 3.05) is 26.6 Å². The van der Waals surface area contributed by atoms with E-state index < -0.39 is 0 Å². The zero-order chi connectivity index (χ0) is 16.6. The Morgan fingerprint density at radius 2 is 1.92 bits per heavy atom. The molecule has 136 valence electrons. The zero-order valence-electron chi connectivity index (χ0n) is 15.7. The van der Waals surface area contributed by atoms with Gasteiger partial charge in [-0.05, 0) is 80.5 Å². The normalized spacial score (nSPS) is 53.6. The molecular formula is C21H34O3. The summed E-state index contributed by atoms with van der Waals surface area (Å²) in [5.74, 6) is 4.25. The van der Waals surface area contributed by atoms with E-state index in [0.717, 1.165) is 49.9 Å². The number of rotatable bonds is 9. The van der Waals surface area contributed by atoms with Crippen LogP contribution in [0.3, 0.4) is 0 Å². The predicted octanol–water partition coefficient (Wildman–Crippen LogP) is 4.25. The molecule has 0 aromatic rings. The van der Waals surface area contributed by atoms with Crippen molar-refractivity contribution in [2.45, 2.75) is 64.9 Å². The Balaban J connectivity index is 1.41. The van der Waals surface area contributed by atoms with E-state index in [0.29, 0.717) is 23.5 Å². The number of hydrogen-bond acceptors (Lipinski definition) is 3. The summed E-state index contributed by atoms with van der Waals surface area (Å²) in [6.07, 6.45) is 8.29. The minimum atomic E-state index is 0.200. The van der Waals surface area contributed by atoms with Crippen LogP contribution >= 0.6 is 0 Å². The number of fused-ring (bicyclic) bond motifs is 1. The van der Waals surface area contributed by atoms with Crippen LogP contribution in [-0.2, 0) is 14.2 Å². The van der Waals surface area contributed by atoms with Crippen LogP contribution in [0.15, 0.2) is 0 Å². The molecule has 5 aliphatic rings. The van der Waals surface area contributed by atoms with Gasteiger partial charge in [-0.25, -0.2) is 0 Å². The Labute approximate surface area is 146 Å². The Morgan fingerprint density at radius 1 is 1.08 bits per heavy atom. The van der Waals surface area contributed by atoms with E-state index >= 15 is 0 Å². The van der Waals surface area contributed by atoms with Gasteiger partial charge in [0.1, 0.15) is 6.79 Å². The zero-order valence-corrected chi connectivity index (χ0v) is 15.7. The van der Waals surface area contributed by atoms with Gasteiger partial charge in [0.25, 0.3) is 0 Å². The van der Waals surface area contributed by atoms with E-state index in [-0.39, 0.29) is 5.60 Å². The first-order chi connectivity index (χ1) is 11.7. The average Bonchev–Trinajstić information content (AvgIpc) is 2.57. The smallest absolute Gasteiger partial charge is 0.147 e. The molecule has 0 saturated heterocycles. The molecule has 0 heterocycles. The second kappa shape index (κ2) is 5.20. The highest BCUT2D eigenvalue weighted by atomic mass is 16.7. The average molecular weight is 335 g/mol. The van der Waals surface area contributed by atoms with Crippen LogP contribution in [0.2, 0.25) is 0 Å². The van der Waals surface area contributed by atoms with Gasteiger partial charge in [0, 0.05) is 25.2 Å². The largest absolute Gasteiger partial charge is 0.381 e. The predicted molar refractivity (Wildman–Crippen MR) is 92.5 cm³/mol. The molecule has 0 aliphatic heterocycles. The van der Waals surface area contributed by atoms with E-state index in [4.69, 9.17) is 14.2 Å². The lowest BCUT2D eigenvalue weighted by Crippen LogP contribution is -2.97. The van der Waals surface area contributed by atoms with Crippen LogP contribution < -0.4 is 0 Å². The fraction of sp³-hybridized carbons (Fsp3) is 1.00. The molecule has 8 atom stereocenters. The van der Waals surface area contributed by atoms with Crippen LogP contribution in [-0.4, -0.2) is 32.2 Å². The Bertz CT molecular complexity index is 515. The third-order valence-electron chi connectivity index (χ3n) is 9.21. The van der Waals surface area contributed by atoms with Crippen molar-refractivity contribution in [3.63, 3.8) is 0 Å². The molecule has 0 aromatic heterocycles. The van der Waals surface area contributed by atoms with Crippen LogP contribution in [0.25, 0.3) is 0 Å². The molecule has 3 heteroatoms. The van der Waals surface area contributed by atoms with Crippen molar-refractivity contribution in [1.82, 2.24) is 0 Å². The van der Waals surface area contributed by atoms with E-state index in [9.17, 15) is 0 Å². The first kappa shape index (κ1) is 16.1. The van der Waals surface area contributed by atoms with Crippen LogP contribution in [0, 0.1) is 40.4 Å². The fourth-order valence-electron chi connectivity index (χ4n) is 8.67. The van der Waals surface area contributed by atoms with E-state index in [1.54, 1.807) is 0 Å². The summed E-state index contributed by atoms with van der Waals surface area (Å²) < 4.78 is 18.3. The Hall–Kier alpha value is -0.120. The van der Waals surface area contributed by atoms with Crippen molar-refractivity contribution in [1.29, 1.82) is 0 Å². The third kappa shape index (κ3) is 1.42. The van der Waals surface area contributed by atoms with Crippen molar-refractivity contribution >= 4 is 0 Å². The molecule has 0 bridgehead atoms. The summed E-state index contributed by atoms with van der Waals surface area (Å²) in [6.45, 7) is 9.88. The number of ether oxygens (including phenoxy) is 3. The van der Waals surface area contributed by atoms with Crippen LogP contribution in [0.1, 0.15) is 59.3 Å². The lowest BCUT2D eigenvalue weighted by Gasteiger charge is -2.96. The minimum absolute atomic E-state index is 0.200. The summed E-state index contributed by atoms with van der Waals surface area (Å²) in [6, 6.07) is 0. The summed E-state index contributed by atoms with van der Waals surface area (Å²) in [5, 5.41) is 0. The van der Waals surface area contributed by atoms with Gasteiger partial charge < -0.3 is 14.2 Å². The third-order valence-corrected chi connectivity index (χ3v) is 9.21. The van der Waals surface area contributed by atoms with Gasteiger partial charge >= 0.3 is 0 Å². The molecule has 3 nitrogen and oxygen atoms in total. The number of hydrogen-bond donors (Lipinski definition) is 0. The summed E-state index contributed by atoms with van der Waals surface area (Å²) in [4.78, 5) is 0. The second-order valence-corrected chi connectivity index (χ2v) is 9.37. The first-order valence-corrected chi connectivity index (χ1v) is 10.5. The molecule has 5 rings (SSSR count). The maximum Gasteiger partial charge on any atom is 0.147 e. The highest BCUT2D eigenvalue weighted by molar-refractivity contribution is 5.44. The highest BCUT2D eigenvalue weighted by Gasteiger charge is 2.96. The van der Waals surface area contributed by atoms with Crippen molar-refractivity contribution in [3.05, 3.63) is 0 Å². The molecule has 5 saturated carbocycles. The van der Waals surface area contributed by atoms with Gasteiger partial charge in [0.15, 0.2) is 0 Å². The van der Waals surface area contributed by atoms with Gasteiger partial charge in [0.05, 0.1) is 5.60 Å². The summed E-state index contributed by atoms with van der Waals surface area (Å²) in [5.41, 5.74) is 1.22. The Morgan fingerprint density at radius 3 is 2.67 bits per heavy atom. The lowest BCUT2D eigenvalue weighted by molar-refractivity contribution is -0.531. The van der Waals surface area contributed by atoms with Gasteiger partial charge in [-0.3, -0.25) is 0 Å². The lowest BCUT2D eigenvalue weighted by atomic mass is 9.09. The van der Waals surface area contributed by atoms with Crippen LogP contribution in [0.4, 0.5) is 0 Å². The molecule has 8 unspecified atom stereocenters. The first-order valence-electron chi connectivity index (χ1n) is 10.5. The molecular weight excluding hydrogens is 300 g/mol. The van der Waals surface area contributed by atoms with Crippen LogP contribution in [0.5, 0.6) is 0 Å². The molecule has 5 fully saturated rings. The highest BCUT2D eigenvalue weighted by Crippen LogP contribution is 2.96. The molecule has 1 spiro atoms. The fourth-order valence-corrected chi connectivity index (χ4v) is 8.67. The molecule has 0 N–H and O–H groups in total. The second-order valence-electron chi connectivity index (χ2n) is 9.37. The maximum atomic E-state index is 6.64. The molecule has 0 amide bonds. The molecule has 0 aromatic carbocycles. The maximum absolute atomic E-state index is 6.64. The Kier molecular flexibility index (Phi) is 3.49. The van der Waals surface area contributed by atoms with Crippen molar-refractivity contribution in [3.8, 4) is 0 Å². The van der Waals surface area contributed by atoms with E-state index in [2.05, 4.69) is 20.8 Å². The van der Waals surface area contributed by atoms with E-state index in [1.807, 2.05) is 0 Å². The monoisotopic (exact) mass is 334 g/mol. The van der Waals surface area contributed by atoms with Gasteiger partial charge in [0.2, 0.25) is 0 Å². The van der Waals surface area contributed by atoms with Crippen molar-refractivity contribution < 1.29 is 14.2 Å². The quantitative estimate of drug-likeness (QED) is 0.466. The molecule has 24 heavy (non-hydrogen) atoms. The molecule has 0 radical (unpaired) electrons. The van der Waals surface area contributed by atoms with E-state index in [1.165, 1.54) is 32.1 Å².